The van der Waals surface area contributed by atoms with E-state index in [1.54, 1.807) is 30.6 Å². The second-order valence-electron chi connectivity index (χ2n) is 8.09. The number of aliphatic hydroxyl groups excluding tert-OH is 1. The van der Waals surface area contributed by atoms with Gasteiger partial charge in [-0.05, 0) is 38.1 Å². The number of halogens is 1. The molecule has 1 atom stereocenters. The number of fused-ring (bicyclic) bond motifs is 3. The molecular weight excluding hydrogens is 414 g/mol. The maximum atomic E-state index is 12.7. The molecule has 0 saturated heterocycles. The molecule has 0 spiro atoms. The molecule has 7 heteroatoms. The summed E-state index contributed by atoms with van der Waals surface area (Å²) in [6, 6.07) is 14.6. The lowest BCUT2D eigenvalue weighted by Crippen LogP contribution is -2.33. The van der Waals surface area contributed by atoms with Crippen LogP contribution in [0.4, 0.5) is 5.69 Å². The third-order valence-corrected chi connectivity index (χ3v) is 5.85. The van der Waals surface area contributed by atoms with Gasteiger partial charge in [-0.3, -0.25) is 4.79 Å². The van der Waals surface area contributed by atoms with Crippen LogP contribution in [0, 0.1) is 0 Å². The summed E-state index contributed by atoms with van der Waals surface area (Å²) in [4.78, 5) is 20.1. The van der Waals surface area contributed by atoms with E-state index in [9.17, 15) is 9.90 Å². The molecule has 31 heavy (non-hydrogen) atoms. The number of pyridine rings is 1. The number of ether oxygens (including phenoxy) is 1. The summed E-state index contributed by atoms with van der Waals surface area (Å²) in [5.41, 5.74) is 2.18. The van der Waals surface area contributed by atoms with Crippen molar-refractivity contribution in [2.75, 3.05) is 5.32 Å². The molecule has 2 aromatic carbocycles. The average Bonchev–Trinajstić information content (AvgIpc) is 3.27. The van der Waals surface area contributed by atoms with Gasteiger partial charge in [0.1, 0.15) is 23.3 Å². The number of aromatic amines is 1. The Hall–Kier alpha value is -3.35. The number of H-pyrrole nitrogens is 1. The van der Waals surface area contributed by atoms with Crippen molar-refractivity contribution in [3.63, 3.8) is 0 Å². The first-order valence-electron chi connectivity index (χ1n) is 9.88. The van der Waals surface area contributed by atoms with Gasteiger partial charge in [0.2, 0.25) is 0 Å². The minimum absolute atomic E-state index is 0.0287. The van der Waals surface area contributed by atoms with Crippen molar-refractivity contribution in [1.29, 1.82) is 0 Å². The molecule has 0 radical (unpaired) electrons. The molecule has 3 heterocycles. The number of nitrogens with one attached hydrogen (secondary N) is 2. The Morgan fingerprint density at radius 3 is 2.61 bits per heavy atom. The molecule has 1 aliphatic rings. The minimum atomic E-state index is -1.01. The van der Waals surface area contributed by atoms with E-state index in [0.717, 1.165) is 0 Å². The van der Waals surface area contributed by atoms with E-state index in [1.807, 2.05) is 44.2 Å². The number of aliphatic hydroxyl groups is 1. The van der Waals surface area contributed by atoms with Crippen LogP contribution in [0.25, 0.3) is 11.0 Å². The summed E-state index contributed by atoms with van der Waals surface area (Å²) >= 11 is 6.51. The lowest BCUT2D eigenvalue weighted by molar-refractivity contribution is 0.0939. The molecule has 156 valence electrons. The van der Waals surface area contributed by atoms with Crippen molar-refractivity contribution >= 4 is 34.1 Å². The van der Waals surface area contributed by atoms with Gasteiger partial charge in [-0.15, -0.1) is 0 Å². The molecule has 0 saturated carbocycles. The summed E-state index contributed by atoms with van der Waals surface area (Å²) in [5.74, 6) is 1.24. The average molecular weight is 434 g/mol. The smallest absolute Gasteiger partial charge is 0.191 e. The van der Waals surface area contributed by atoms with Gasteiger partial charge in [-0.1, -0.05) is 35.9 Å². The molecule has 4 aromatic rings. The fourth-order valence-corrected chi connectivity index (χ4v) is 4.20. The van der Waals surface area contributed by atoms with E-state index >= 15 is 0 Å². The van der Waals surface area contributed by atoms with Crippen LogP contribution in [0.1, 0.15) is 41.4 Å². The van der Waals surface area contributed by atoms with Gasteiger partial charge in [0.15, 0.2) is 5.78 Å². The van der Waals surface area contributed by atoms with Crippen LogP contribution in [0.15, 0.2) is 60.9 Å². The fourth-order valence-electron chi connectivity index (χ4n) is 3.93. The molecule has 0 fully saturated rings. The maximum absolute atomic E-state index is 12.7. The first-order chi connectivity index (χ1) is 14.8. The highest BCUT2D eigenvalue weighted by molar-refractivity contribution is 6.31. The minimum Gasteiger partial charge on any atom is -0.457 e. The fraction of sp³-hybridized carbons (Fsp3) is 0.167. The van der Waals surface area contributed by atoms with Crippen molar-refractivity contribution in [3.8, 4) is 11.5 Å². The molecule has 0 aliphatic carbocycles. The highest BCUT2D eigenvalue weighted by atomic mass is 35.5. The van der Waals surface area contributed by atoms with E-state index in [-0.39, 0.29) is 5.78 Å². The molecule has 2 aromatic heterocycles. The molecule has 1 unspecified atom stereocenters. The molecule has 3 N–H and O–H groups in total. The first kappa shape index (κ1) is 19.6. The zero-order chi connectivity index (χ0) is 21.8. The maximum Gasteiger partial charge on any atom is 0.191 e. The molecule has 0 amide bonds. The molecule has 6 nitrogen and oxygen atoms in total. The third-order valence-electron chi connectivity index (χ3n) is 5.52. The zero-order valence-corrected chi connectivity index (χ0v) is 17.7. The predicted molar refractivity (Wildman–Crippen MR) is 120 cm³/mol. The number of anilines is 1. The standard InChI is InChI=1S/C24H20ClN3O3/c1-24(2)22(30)17-12-27-23-19(20(17)28-24)16(11-26-23)21(29)15-9-8-14(10-18(15)25)31-13-6-4-3-5-7-13/h3-12,21,28-29H,1-2H3,(H,26,27). The van der Waals surface area contributed by atoms with Gasteiger partial charge in [0, 0.05) is 28.9 Å². The number of carbonyl (C=O) groups is 1. The molecule has 5 rings (SSSR count). The molecule has 0 bridgehead atoms. The van der Waals surface area contributed by atoms with Gasteiger partial charge in [-0.25, -0.2) is 4.98 Å². The number of hydrogen-bond acceptors (Lipinski definition) is 5. The number of benzene rings is 2. The second-order valence-corrected chi connectivity index (χ2v) is 8.50. The van der Waals surface area contributed by atoms with Gasteiger partial charge in [-0.2, -0.15) is 0 Å². The number of hydrogen-bond donors (Lipinski definition) is 3. The second kappa shape index (κ2) is 7.11. The molecular formula is C24H20ClN3O3. The Morgan fingerprint density at radius 2 is 1.87 bits per heavy atom. The van der Waals surface area contributed by atoms with Gasteiger partial charge < -0.3 is 20.1 Å². The largest absolute Gasteiger partial charge is 0.457 e. The molecule has 1 aliphatic heterocycles. The summed E-state index contributed by atoms with van der Waals surface area (Å²) in [7, 11) is 0. The van der Waals surface area contributed by atoms with Crippen LogP contribution >= 0.6 is 11.6 Å². The van der Waals surface area contributed by atoms with Crippen LogP contribution in [-0.2, 0) is 0 Å². The number of nitrogens with zero attached hydrogens (tertiary/aromatic N) is 1. The summed E-state index contributed by atoms with van der Waals surface area (Å²) in [6.07, 6.45) is 2.25. The number of rotatable bonds is 4. The van der Waals surface area contributed by atoms with Crippen LogP contribution in [0.2, 0.25) is 5.02 Å². The van der Waals surface area contributed by atoms with Gasteiger partial charge >= 0.3 is 0 Å². The van der Waals surface area contributed by atoms with Crippen LogP contribution in [-0.4, -0.2) is 26.4 Å². The van der Waals surface area contributed by atoms with E-state index < -0.39 is 11.6 Å². The van der Waals surface area contributed by atoms with Crippen molar-refractivity contribution in [2.24, 2.45) is 0 Å². The zero-order valence-electron chi connectivity index (χ0n) is 16.9. The number of aromatic nitrogens is 2. The van der Waals surface area contributed by atoms with E-state index in [4.69, 9.17) is 16.3 Å². The Bertz CT molecular complexity index is 1310. The predicted octanol–water partition coefficient (Wildman–Crippen LogP) is 5.48. The van der Waals surface area contributed by atoms with E-state index in [0.29, 0.717) is 49.9 Å². The van der Waals surface area contributed by atoms with Crippen molar-refractivity contribution < 1.29 is 14.6 Å². The monoisotopic (exact) mass is 433 g/mol. The lowest BCUT2D eigenvalue weighted by atomic mass is 9.98. The number of para-hydroxylation sites is 1. The van der Waals surface area contributed by atoms with Gasteiger partial charge in [0.05, 0.1) is 21.8 Å². The number of Topliss-reactive ketones (excluding diaryl/α,β-unsaturated/α-hetero) is 1. The van der Waals surface area contributed by atoms with Crippen molar-refractivity contribution in [3.05, 3.63) is 82.6 Å². The highest BCUT2D eigenvalue weighted by Gasteiger charge is 2.39. The summed E-state index contributed by atoms with van der Waals surface area (Å²) < 4.78 is 5.82. The quantitative estimate of drug-likeness (QED) is 0.397. The van der Waals surface area contributed by atoms with Crippen LogP contribution in [0.5, 0.6) is 11.5 Å². The Morgan fingerprint density at radius 1 is 1.10 bits per heavy atom. The summed E-state index contributed by atoms with van der Waals surface area (Å²) in [6.45, 7) is 3.65. The van der Waals surface area contributed by atoms with Crippen LogP contribution < -0.4 is 10.1 Å². The number of ketones is 1. The SMILES string of the molecule is CC1(C)Nc2c(cnc3[nH]cc(C(O)c4ccc(Oc5ccccc5)cc4Cl)c23)C1=O. The topological polar surface area (TPSA) is 87.2 Å². The lowest BCUT2D eigenvalue weighted by Gasteiger charge is -2.17. The summed E-state index contributed by atoms with van der Waals surface area (Å²) in [5, 5.41) is 15.5. The van der Waals surface area contributed by atoms with Gasteiger partial charge in [0.25, 0.3) is 0 Å². The number of carbonyl (C=O) groups excluding carboxylic acids is 1. The van der Waals surface area contributed by atoms with Crippen molar-refractivity contribution in [2.45, 2.75) is 25.5 Å². The Balaban J connectivity index is 1.53. The van der Waals surface area contributed by atoms with E-state index in [2.05, 4.69) is 15.3 Å². The van der Waals surface area contributed by atoms with Crippen LogP contribution in [0.3, 0.4) is 0 Å². The normalized spacial score (nSPS) is 15.5. The first-order valence-corrected chi connectivity index (χ1v) is 10.3. The Labute approximate surface area is 183 Å². The highest BCUT2D eigenvalue weighted by Crippen LogP contribution is 2.42. The van der Waals surface area contributed by atoms with Crippen molar-refractivity contribution in [1.82, 2.24) is 9.97 Å². The third kappa shape index (κ3) is 3.24. The Kier molecular flexibility index (Phi) is 4.50. The van der Waals surface area contributed by atoms with E-state index in [1.165, 1.54) is 0 Å².